The molecule has 1 N–H and O–H groups in total. The monoisotopic (exact) mass is 347 g/mol. The average molecular weight is 347 g/mol. The van der Waals surface area contributed by atoms with Gasteiger partial charge in [0.1, 0.15) is 12.6 Å². The summed E-state index contributed by atoms with van der Waals surface area (Å²) in [6.07, 6.45) is -0.866. The molecule has 9 heteroatoms. The van der Waals surface area contributed by atoms with Crippen LogP contribution in [0.15, 0.2) is 0 Å². The third-order valence-electron chi connectivity index (χ3n) is 1.74. The summed E-state index contributed by atoms with van der Waals surface area (Å²) in [6.45, 7) is 3.50. The first-order valence-corrected chi connectivity index (χ1v) is 6.43. The van der Waals surface area contributed by atoms with E-state index in [1.54, 1.807) is 0 Å². The summed E-state index contributed by atoms with van der Waals surface area (Å²) in [5, 5.41) is 37.7. The van der Waals surface area contributed by atoms with Crippen LogP contribution in [0, 0.1) is 0 Å². The van der Waals surface area contributed by atoms with Crippen molar-refractivity contribution in [3.05, 3.63) is 0 Å². The summed E-state index contributed by atoms with van der Waals surface area (Å²) in [5.74, 6) is -3.19. The molecule has 0 aromatic heterocycles. The molecule has 126 valence electrons. The predicted octanol–water partition coefficient (Wildman–Crippen LogP) is -3.89. The molecule has 0 aromatic rings. The molecule has 0 heterocycles. The number of hydrogen-bond acceptors (Lipinski definition) is 7. The maximum Gasteiger partial charge on any atom is 2.00 e. The second-order valence-electron chi connectivity index (χ2n) is 5.15. The number of hydrogen-bond donors (Lipinski definition) is 1. The molecule has 0 aliphatic carbocycles. The fourth-order valence-electron chi connectivity index (χ4n) is 0.889. The van der Waals surface area contributed by atoms with Crippen LogP contribution in [-0.2, 0) is 14.4 Å². The first kappa shape index (κ1) is 29.6. The van der Waals surface area contributed by atoms with Crippen molar-refractivity contribution >= 4 is 55.6 Å². The molecule has 0 fully saturated rings. The minimum atomic E-state index is -1.20. The topological polar surface area (TPSA) is 141 Å². The Kier molecular flexibility index (Phi) is 22.8. The summed E-state index contributed by atoms with van der Waals surface area (Å²) in [6, 6.07) is 0. The molecule has 22 heavy (non-hydrogen) atoms. The molecule has 0 bridgehead atoms. The fraction of sp³-hybridized carbons (Fsp3) is 0.769. The van der Waals surface area contributed by atoms with Gasteiger partial charge in [-0.1, -0.05) is 13.8 Å². The van der Waals surface area contributed by atoms with E-state index in [2.05, 4.69) is 0 Å². The van der Waals surface area contributed by atoms with Gasteiger partial charge in [0.2, 0.25) is 0 Å². The van der Waals surface area contributed by atoms with E-state index in [0.717, 1.165) is 0 Å². The van der Waals surface area contributed by atoms with Crippen molar-refractivity contribution in [3.63, 3.8) is 0 Å². The Morgan fingerprint density at radius 2 is 1.18 bits per heavy atom. The second-order valence-corrected chi connectivity index (χ2v) is 5.15. The molecule has 0 spiro atoms. The third kappa shape index (κ3) is 42.7. The van der Waals surface area contributed by atoms with Gasteiger partial charge in [-0.05, 0) is 12.8 Å². The Labute approximate surface area is 161 Å². The summed E-state index contributed by atoms with van der Waals surface area (Å²) in [4.78, 5) is 28.5. The van der Waals surface area contributed by atoms with E-state index in [0.29, 0.717) is 11.0 Å². The van der Waals surface area contributed by atoms with Crippen molar-refractivity contribution in [2.75, 3.05) is 27.7 Å². The fourth-order valence-corrected chi connectivity index (χ4v) is 0.889. The second kappa shape index (κ2) is 17.0. The largest absolute Gasteiger partial charge is 2.00 e. The van der Waals surface area contributed by atoms with Gasteiger partial charge in [0, 0.05) is 24.3 Å². The van der Waals surface area contributed by atoms with Gasteiger partial charge in [0.25, 0.3) is 0 Å². The smallest absolute Gasteiger partial charge is 0.550 e. The molecule has 0 rings (SSSR count). The van der Waals surface area contributed by atoms with Crippen LogP contribution in [0.5, 0.6) is 0 Å². The van der Waals surface area contributed by atoms with E-state index in [9.17, 15) is 29.7 Å². The number of carbonyl (C=O) groups excluding carboxylic acids is 3. The number of carboxylic acids is 3. The molecule has 0 amide bonds. The molecule has 0 aromatic carbocycles. The van der Waals surface area contributed by atoms with E-state index in [4.69, 9.17) is 5.11 Å². The molecule has 0 aliphatic rings. The maximum absolute atomic E-state index is 10.0. The van der Waals surface area contributed by atoms with Gasteiger partial charge in [0.05, 0.1) is 21.1 Å². The molecule has 8 nitrogen and oxygen atoms in total. The summed E-state index contributed by atoms with van der Waals surface area (Å²) >= 11 is 0. The van der Waals surface area contributed by atoms with Gasteiger partial charge < -0.3 is 39.3 Å². The first-order chi connectivity index (χ1) is 9.35. The van der Waals surface area contributed by atoms with Crippen molar-refractivity contribution in [1.29, 1.82) is 0 Å². The molecular weight excluding hydrogens is 322 g/mol. The van der Waals surface area contributed by atoms with Crippen molar-refractivity contribution in [3.8, 4) is 0 Å². The molecule has 0 unspecified atom stereocenters. The molecule has 1 atom stereocenters. The van der Waals surface area contributed by atoms with Crippen molar-refractivity contribution in [2.45, 2.75) is 39.2 Å². The van der Waals surface area contributed by atoms with Gasteiger partial charge in [0.15, 0.2) is 0 Å². The molecular formula is C13H25CaNO7. The van der Waals surface area contributed by atoms with Crippen LogP contribution in [0.25, 0.3) is 0 Å². The Morgan fingerprint density at radius 3 is 1.32 bits per heavy atom. The quantitative estimate of drug-likeness (QED) is 0.382. The SMILES string of the molecule is CCC(=O)[O-].CCC(=O)[O-].C[N+](C)(C)C[C@H](O)CC(=O)[O-].[Ca+2]. The number of likely N-dealkylation sites (N-methyl/N-ethyl adjacent to an activating group) is 1. The van der Waals surface area contributed by atoms with Crippen LogP contribution in [0.3, 0.4) is 0 Å². The molecule has 0 saturated carbocycles. The summed E-state index contributed by atoms with van der Waals surface area (Å²) in [7, 11) is 5.66. The van der Waals surface area contributed by atoms with E-state index >= 15 is 0 Å². The Balaban J connectivity index is -0.000000124. The number of aliphatic carboxylic acids is 3. The molecule has 0 radical (unpaired) electrons. The Hall–Kier alpha value is -0.410. The third-order valence-corrected chi connectivity index (χ3v) is 1.74. The number of carbonyl (C=O) groups is 3. The van der Waals surface area contributed by atoms with Crippen LogP contribution < -0.4 is 15.3 Å². The van der Waals surface area contributed by atoms with Gasteiger partial charge >= 0.3 is 37.7 Å². The van der Waals surface area contributed by atoms with Crippen LogP contribution in [0.1, 0.15) is 33.1 Å². The van der Waals surface area contributed by atoms with Crippen molar-refractivity contribution < 1.29 is 39.3 Å². The molecule has 0 saturated heterocycles. The van der Waals surface area contributed by atoms with Crippen LogP contribution in [0.2, 0.25) is 0 Å². The van der Waals surface area contributed by atoms with Crippen LogP contribution >= 0.6 is 0 Å². The van der Waals surface area contributed by atoms with Gasteiger partial charge in [-0.3, -0.25) is 0 Å². The summed E-state index contributed by atoms with van der Waals surface area (Å²) < 4.78 is 0.550. The van der Waals surface area contributed by atoms with E-state index in [1.165, 1.54) is 13.8 Å². The number of carboxylic acid groups (broad SMARTS) is 3. The predicted molar refractivity (Wildman–Crippen MR) is 74.9 cm³/mol. The van der Waals surface area contributed by atoms with Crippen LogP contribution in [-0.4, -0.2) is 99.0 Å². The van der Waals surface area contributed by atoms with Crippen molar-refractivity contribution in [2.24, 2.45) is 0 Å². The summed E-state index contributed by atoms with van der Waals surface area (Å²) in [5.41, 5.74) is 0. The Morgan fingerprint density at radius 1 is 0.909 bits per heavy atom. The zero-order valence-corrected chi connectivity index (χ0v) is 16.2. The van der Waals surface area contributed by atoms with Gasteiger partial charge in [-0.25, -0.2) is 0 Å². The normalized spacial score (nSPS) is 10.6. The minimum absolute atomic E-state index is 0. The Bertz CT molecular complexity index is 302. The number of aliphatic hydroxyl groups is 1. The van der Waals surface area contributed by atoms with Gasteiger partial charge in [-0.15, -0.1) is 0 Å². The number of nitrogens with zero attached hydrogens (tertiary/aromatic N) is 1. The number of quaternary nitrogens is 1. The zero-order chi connectivity index (χ0) is 17.6. The first-order valence-electron chi connectivity index (χ1n) is 6.43. The maximum atomic E-state index is 10.0. The minimum Gasteiger partial charge on any atom is -0.550 e. The van der Waals surface area contributed by atoms with Crippen molar-refractivity contribution in [1.82, 2.24) is 0 Å². The standard InChI is InChI=1S/C7H15NO3.2C3H6O2.Ca/c1-8(2,3)5-6(9)4-7(10)11;2*1-2-3(4)5;/h6,9H,4-5H2,1-3H3;2*2H2,1H3,(H,4,5);/q;;;+2/p-2/t6-;;;/m1.../s1. The van der Waals surface area contributed by atoms with Gasteiger partial charge in [-0.2, -0.15) is 0 Å². The van der Waals surface area contributed by atoms with E-state index < -0.39 is 24.0 Å². The number of aliphatic hydroxyl groups excluding tert-OH is 1. The van der Waals surface area contributed by atoms with Crippen LogP contribution in [0.4, 0.5) is 0 Å². The van der Waals surface area contributed by atoms with E-state index in [1.807, 2.05) is 21.1 Å². The molecule has 0 aliphatic heterocycles. The average Bonchev–Trinajstić information content (AvgIpc) is 2.26. The zero-order valence-electron chi connectivity index (χ0n) is 14.0. The van der Waals surface area contributed by atoms with E-state index in [-0.39, 0.29) is 57.0 Å². The number of rotatable bonds is 6.